The SMILES string of the molecule is CCc1cc2nc(C)ccc2cc1-c1cnc(CCCCCCC(=O)c2ccon2)[nH]1. The van der Waals surface area contributed by atoms with Gasteiger partial charge in [0.15, 0.2) is 5.78 Å². The lowest BCUT2D eigenvalue weighted by Gasteiger charge is -2.09. The third-order valence-corrected chi connectivity index (χ3v) is 5.64. The number of nitrogens with one attached hydrogen (secondary N) is 1. The van der Waals surface area contributed by atoms with E-state index in [1.54, 1.807) is 6.07 Å². The van der Waals surface area contributed by atoms with Crippen LogP contribution in [0.5, 0.6) is 0 Å². The van der Waals surface area contributed by atoms with E-state index in [0.29, 0.717) is 12.1 Å². The number of imidazole rings is 1. The Balaban J connectivity index is 1.31. The van der Waals surface area contributed by atoms with Crippen LogP contribution in [0.4, 0.5) is 0 Å². The molecule has 3 heterocycles. The molecule has 0 bridgehead atoms. The smallest absolute Gasteiger partial charge is 0.184 e. The number of H-pyrrole nitrogens is 1. The summed E-state index contributed by atoms with van der Waals surface area (Å²) in [7, 11) is 0. The number of pyridine rings is 1. The van der Waals surface area contributed by atoms with E-state index in [4.69, 9.17) is 4.52 Å². The molecule has 0 radical (unpaired) electrons. The molecule has 160 valence electrons. The first kappa shape index (κ1) is 21.0. The van der Waals surface area contributed by atoms with E-state index >= 15 is 0 Å². The highest BCUT2D eigenvalue weighted by atomic mass is 16.5. The molecule has 0 atom stereocenters. The molecule has 1 N–H and O–H groups in total. The highest BCUT2D eigenvalue weighted by molar-refractivity contribution is 5.93. The van der Waals surface area contributed by atoms with Crippen molar-refractivity contribution in [2.75, 3.05) is 0 Å². The summed E-state index contributed by atoms with van der Waals surface area (Å²) in [5, 5.41) is 4.84. The largest absolute Gasteiger partial charge is 0.364 e. The molecule has 0 saturated carbocycles. The zero-order chi connectivity index (χ0) is 21.6. The Kier molecular flexibility index (Phi) is 6.55. The molecule has 0 saturated heterocycles. The average molecular weight is 417 g/mol. The van der Waals surface area contributed by atoms with Crippen molar-refractivity contribution in [3.63, 3.8) is 0 Å². The minimum absolute atomic E-state index is 0.0527. The maximum Gasteiger partial charge on any atom is 0.184 e. The van der Waals surface area contributed by atoms with Crippen LogP contribution in [0.1, 0.15) is 66.6 Å². The van der Waals surface area contributed by atoms with Crippen molar-refractivity contribution in [1.29, 1.82) is 0 Å². The number of fused-ring (bicyclic) bond motifs is 1. The number of Topliss-reactive ketones (excluding diaryl/α,β-unsaturated/α-hetero) is 1. The molecule has 0 aliphatic heterocycles. The Morgan fingerprint density at radius 2 is 1.97 bits per heavy atom. The van der Waals surface area contributed by atoms with Gasteiger partial charge >= 0.3 is 0 Å². The van der Waals surface area contributed by atoms with Gasteiger partial charge in [0.25, 0.3) is 0 Å². The standard InChI is InChI=1S/C25H28N4O2/c1-3-18-15-22-19(11-10-17(2)27-22)14-20(18)23-16-26-25(28-23)9-7-5-4-6-8-24(30)21-12-13-31-29-21/h10-16H,3-9H2,1-2H3,(H,26,28). The fourth-order valence-electron chi connectivity index (χ4n) is 3.90. The molecule has 6 nitrogen and oxygen atoms in total. The van der Waals surface area contributed by atoms with Crippen molar-refractivity contribution < 1.29 is 9.32 Å². The summed E-state index contributed by atoms with van der Waals surface area (Å²) in [6, 6.07) is 10.2. The van der Waals surface area contributed by atoms with E-state index in [2.05, 4.69) is 51.3 Å². The summed E-state index contributed by atoms with van der Waals surface area (Å²) in [6.45, 7) is 4.19. The number of hydrogen-bond donors (Lipinski definition) is 1. The lowest BCUT2D eigenvalue weighted by atomic mass is 9.99. The topological polar surface area (TPSA) is 84.7 Å². The number of aromatic nitrogens is 4. The first-order chi connectivity index (χ1) is 15.1. The highest BCUT2D eigenvalue weighted by Crippen LogP contribution is 2.28. The molecule has 3 aromatic heterocycles. The normalized spacial score (nSPS) is 11.3. The second-order valence-electron chi connectivity index (χ2n) is 7.97. The first-order valence-corrected chi connectivity index (χ1v) is 11.0. The van der Waals surface area contributed by atoms with Crippen molar-refractivity contribution in [2.45, 2.75) is 58.8 Å². The van der Waals surface area contributed by atoms with Crippen molar-refractivity contribution in [1.82, 2.24) is 20.1 Å². The number of benzene rings is 1. The Hall–Kier alpha value is -3.28. The molecule has 0 fully saturated rings. The third kappa shape index (κ3) is 5.08. The average Bonchev–Trinajstić information content (AvgIpc) is 3.47. The zero-order valence-electron chi connectivity index (χ0n) is 18.1. The molecule has 0 aliphatic carbocycles. The second-order valence-corrected chi connectivity index (χ2v) is 7.97. The van der Waals surface area contributed by atoms with Crippen molar-refractivity contribution in [2.24, 2.45) is 0 Å². The number of carbonyl (C=O) groups excluding carboxylic acids is 1. The molecule has 1 aromatic carbocycles. The van der Waals surface area contributed by atoms with E-state index < -0.39 is 0 Å². The van der Waals surface area contributed by atoms with Gasteiger partial charge in [-0.3, -0.25) is 9.78 Å². The van der Waals surface area contributed by atoms with Crippen LogP contribution < -0.4 is 0 Å². The molecular formula is C25H28N4O2. The fraction of sp³-hybridized carbons (Fsp3) is 0.360. The quantitative estimate of drug-likeness (QED) is 0.258. The number of aryl methyl sites for hydroxylation is 3. The number of ketones is 1. The molecule has 31 heavy (non-hydrogen) atoms. The molecule has 6 heteroatoms. The van der Waals surface area contributed by atoms with E-state index in [-0.39, 0.29) is 5.78 Å². The summed E-state index contributed by atoms with van der Waals surface area (Å²) in [4.78, 5) is 24.7. The van der Waals surface area contributed by atoms with Crippen LogP contribution in [0.15, 0.2) is 47.3 Å². The van der Waals surface area contributed by atoms with Gasteiger partial charge < -0.3 is 9.51 Å². The number of unbranched alkanes of at least 4 members (excludes halogenated alkanes) is 3. The van der Waals surface area contributed by atoms with E-state index in [1.807, 2.05) is 13.1 Å². The minimum atomic E-state index is 0.0527. The molecular weight excluding hydrogens is 388 g/mol. The molecule has 0 spiro atoms. The Morgan fingerprint density at radius 1 is 1.10 bits per heavy atom. The lowest BCUT2D eigenvalue weighted by Crippen LogP contribution is -1.99. The Labute approximate surface area is 182 Å². The van der Waals surface area contributed by atoms with Crippen LogP contribution in [0.2, 0.25) is 0 Å². The van der Waals surface area contributed by atoms with E-state index in [1.165, 1.54) is 17.4 Å². The van der Waals surface area contributed by atoms with Crippen molar-refractivity contribution in [3.05, 3.63) is 65.6 Å². The Morgan fingerprint density at radius 3 is 2.77 bits per heavy atom. The number of carbonyl (C=O) groups is 1. The fourth-order valence-corrected chi connectivity index (χ4v) is 3.90. The van der Waals surface area contributed by atoms with Crippen LogP contribution in [-0.4, -0.2) is 25.9 Å². The second kappa shape index (κ2) is 9.69. The van der Waals surface area contributed by atoms with E-state index in [9.17, 15) is 4.79 Å². The number of rotatable bonds is 10. The molecule has 0 aliphatic rings. The van der Waals surface area contributed by atoms with Gasteiger partial charge in [-0.2, -0.15) is 0 Å². The van der Waals surface area contributed by atoms with Crippen molar-refractivity contribution >= 4 is 16.7 Å². The zero-order valence-corrected chi connectivity index (χ0v) is 18.1. The highest BCUT2D eigenvalue weighted by Gasteiger charge is 2.11. The number of hydrogen-bond acceptors (Lipinski definition) is 5. The maximum atomic E-state index is 11.9. The predicted octanol–water partition coefficient (Wildman–Crippen LogP) is 5.86. The summed E-state index contributed by atoms with van der Waals surface area (Å²) in [5.74, 6) is 1.06. The van der Waals surface area contributed by atoms with Crippen LogP contribution in [-0.2, 0) is 12.8 Å². The van der Waals surface area contributed by atoms with Gasteiger partial charge in [-0.25, -0.2) is 4.98 Å². The summed E-state index contributed by atoms with van der Waals surface area (Å²) < 4.78 is 4.72. The van der Waals surface area contributed by atoms with Gasteiger partial charge in [-0.15, -0.1) is 0 Å². The molecule has 0 amide bonds. The monoisotopic (exact) mass is 416 g/mol. The van der Waals surface area contributed by atoms with E-state index in [0.717, 1.165) is 66.6 Å². The minimum Gasteiger partial charge on any atom is -0.364 e. The Bertz CT molecular complexity index is 1160. The van der Waals surface area contributed by atoms with Gasteiger partial charge in [-0.05, 0) is 49.9 Å². The number of aromatic amines is 1. The van der Waals surface area contributed by atoms with Gasteiger partial charge in [0.2, 0.25) is 0 Å². The van der Waals surface area contributed by atoms with Gasteiger partial charge in [0, 0.05) is 35.6 Å². The molecule has 4 aromatic rings. The van der Waals surface area contributed by atoms with Gasteiger partial charge in [0.1, 0.15) is 17.8 Å². The first-order valence-electron chi connectivity index (χ1n) is 11.0. The molecule has 4 rings (SSSR count). The summed E-state index contributed by atoms with van der Waals surface area (Å²) >= 11 is 0. The summed E-state index contributed by atoms with van der Waals surface area (Å²) in [5.41, 5.74) is 6.04. The van der Waals surface area contributed by atoms with Crippen LogP contribution >= 0.6 is 0 Å². The lowest BCUT2D eigenvalue weighted by molar-refractivity contribution is 0.0970. The maximum absolute atomic E-state index is 11.9. The van der Waals surface area contributed by atoms with Crippen LogP contribution in [0, 0.1) is 6.92 Å². The molecule has 0 unspecified atom stereocenters. The van der Waals surface area contributed by atoms with Gasteiger partial charge in [-0.1, -0.05) is 31.0 Å². The summed E-state index contributed by atoms with van der Waals surface area (Å²) in [6.07, 6.45) is 9.77. The predicted molar refractivity (Wildman–Crippen MR) is 121 cm³/mol. The number of nitrogens with zero attached hydrogens (tertiary/aromatic N) is 3. The van der Waals surface area contributed by atoms with Crippen molar-refractivity contribution in [3.8, 4) is 11.3 Å². The third-order valence-electron chi connectivity index (χ3n) is 5.64. The van der Waals surface area contributed by atoms with Crippen LogP contribution in [0.25, 0.3) is 22.2 Å². The van der Waals surface area contributed by atoms with Crippen LogP contribution in [0.3, 0.4) is 0 Å². The van der Waals surface area contributed by atoms with Gasteiger partial charge in [0.05, 0.1) is 17.4 Å².